The lowest BCUT2D eigenvalue weighted by Gasteiger charge is -2.13. The number of hydrogen-bond donors (Lipinski definition) is 2. The molecule has 2 aromatic carbocycles. The zero-order chi connectivity index (χ0) is 25.4. The van der Waals surface area contributed by atoms with Crippen LogP contribution in [-0.4, -0.2) is 29.7 Å². The number of carbonyl (C=O) groups excluding carboxylic acids is 2. The number of nitrogens with one attached hydrogen (secondary N) is 1. The molecule has 0 fully saturated rings. The van der Waals surface area contributed by atoms with Gasteiger partial charge in [-0.1, -0.05) is 43.3 Å². The predicted octanol–water partition coefficient (Wildman–Crippen LogP) is 4.54. The number of methoxy groups -OCH3 is 1. The molecule has 3 aromatic rings. The molecule has 0 spiro atoms. The first-order valence-electron chi connectivity index (χ1n) is 10.8. The van der Waals surface area contributed by atoms with Crippen molar-refractivity contribution in [2.24, 2.45) is 0 Å². The second-order valence-electron chi connectivity index (χ2n) is 7.39. The van der Waals surface area contributed by atoms with Gasteiger partial charge >= 0.3 is 5.97 Å². The third-order valence-corrected chi connectivity index (χ3v) is 6.22. The zero-order valence-electron chi connectivity index (χ0n) is 19.3. The Hall–Kier alpha value is -4.34. The molecule has 0 unspecified atom stereocenters. The maximum absolute atomic E-state index is 12.5. The zero-order valence-corrected chi connectivity index (χ0v) is 20.1. The van der Waals surface area contributed by atoms with Crippen molar-refractivity contribution in [2.75, 3.05) is 23.9 Å². The number of aromatic nitrogens is 1. The fraction of sp³-hybridized carbons (Fsp3) is 0.192. The van der Waals surface area contributed by atoms with Crippen LogP contribution in [0.25, 0.3) is 11.1 Å². The Balaban J connectivity index is 1.81. The van der Waals surface area contributed by atoms with E-state index < -0.39 is 5.97 Å². The van der Waals surface area contributed by atoms with E-state index >= 15 is 0 Å². The van der Waals surface area contributed by atoms with E-state index in [9.17, 15) is 20.1 Å². The lowest BCUT2D eigenvalue weighted by atomic mass is 9.96. The van der Waals surface area contributed by atoms with Crippen LogP contribution in [0.3, 0.4) is 0 Å². The number of nitriles is 2. The van der Waals surface area contributed by atoms with Crippen LogP contribution in [0, 0.1) is 22.7 Å². The van der Waals surface area contributed by atoms with Crippen molar-refractivity contribution in [3.05, 3.63) is 70.8 Å². The van der Waals surface area contributed by atoms with Crippen molar-refractivity contribution in [1.29, 1.82) is 10.5 Å². The average Bonchev–Trinajstić information content (AvgIpc) is 2.88. The largest absolute Gasteiger partial charge is 0.465 e. The second-order valence-corrected chi connectivity index (χ2v) is 8.47. The van der Waals surface area contributed by atoms with E-state index in [0.29, 0.717) is 27.6 Å². The van der Waals surface area contributed by atoms with Crippen LogP contribution in [0.2, 0.25) is 0 Å². The van der Waals surface area contributed by atoms with Gasteiger partial charge in [0.1, 0.15) is 28.5 Å². The van der Waals surface area contributed by atoms with Gasteiger partial charge in [-0.2, -0.15) is 10.5 Å². The summed E-state index contributed by atoms with van der Waals surface area (Å²) < 4.78 is 4.75. The minimum atomic E-state index is -0.550. The Kier molecular flexibility index (Phi) is 8.44. The summed E-state index contributed by atoms with van der Waals surface area (Å²) in [6.07, 6.45) is 0.954. The SMILES string of the molecule is CCc1ccc(-c2c(C#N)c(N)nc(SCCC(=O)Nc3ccccc3C(=O)OC)c2C#N)cc1. The van der Waals surface area contributed by atoms with E-state index in [4.69, 9.17) is 10.5 Å². The lowest BCUT2D eigenvalue weighted by molar-refractivity contribution is -0.115. The lowest BCUT2D eigenvalue weighted by Crippen LogP contribution is -2.15. The highest BCUT2D eigenvalue weighted by Gasteiger charge is 2.21. The fourth-order valence-electron chi connectivity index (χ4n) is 3.43. The summed E-state index contributed by atoms with van der Waals surface area (Å²) in [6.45, 7) is 2.04. The summed E-state index contributed by atoms with van der Waals surface area (Å²) in [7, 11) is 1.27. The summed E-state index contributed by atoms with van der Waals surface area (Å²) in [4.78, 5) is 28.7. The van der Waals surface area contributed by atoms with E-state index in [2.05, 4.69) is 22.4 Å². The van der Waals surface area contributed by atoms with E-state index in [1.807, 2.05) is 31.2 Å². The Bertz CT molecular complexity index is 1340. The van der Waals surface area contributed by atoms with Crippen molar-refractivity contribution < 1.29 is 14.3 Å². The molecule has 8 nitrogen and oxygen atoms in total. The van der Waals surface area contributed by atoms with Gasteiger partial charge in [-0.15, -0.1) is 11.8 Å². The molecular weight excluding hydrogens is 462 g/mol. The van der Waals surface area contributed by atoms with Gasteiger partial charge < -0.3 is 15.8 Å². The van der Waals surface area contributed by atoms with Crippen molar-refractivity contribution in [3.63, 3.8) is 0 Å². The van der Waals surface area contributed by atoms with E-state index in [1.165, 1.54) is 18.9 Å². The number of nitrogen functional groups attached to an aromatic ring is 1. The topological polar surface area (TPSA) is 142 Å². The molecule has 0 bridgehead atoms. The molecule has 0 saturated carbocycles. The first-order valence-corrected chi connectivity index (χ1v) is 11.7. The Morgan fingerprint density at radius 1 is 1.09 bits per heavy atom. The number of aryl methyl sites for hydroxylation is 1. The number of carbonyl (C=O) groups is 2. The smallest absolute Gasteiger partial charge is 0.339 e. The Morgan fingerprint density at radius 2 is 1.77 bits per heavy atom. The van der Waals surface area contributed by atoms with Gasteiger partial charge in [-0.3, -0.25) is 4.79 Å². The van der Waals surface area contributed by atoms with E-state index in [1.54, 1.807) is 24.3 Å². The fourth-order valence-corrected chi connectivity index (χ4v) is 4.37. The highest BCUT2D eigenvalue weighted by molar-refractivity contribution is 7.99. The highest BCUT2D eigenvalue weighted by atomic mass is 32.2. The maximum Gasteiger partial charge on any atom is 0.339 e. The number of pyridine rings is 1. The molecule has 35 heavy (non-hydrogen) atoms. The number of para-hydroxylation sites is 1. The first-order chi connectivity index (χ1) is 16.9. The third kappa shape index (κ3) is 5.78. The van der Waals surface area contributed by atoms with Crippen LogP contribution in [0.4, 0.5) is 11.5 Å². The van der Waals surface area contributed by atoms with Crippen LogP contribution in [-0.2, 0) is 16.0 Å². The molecule has 1 heterocycles. The molecular formula is C26H23N5O3S. The van der Waals surface area contributed by atoms with Crippen LogP contribution >= 0.6 is 11.8 Å². The summed E-state index contributed by atoms with van der Waals surface area (Å²) in [5, 5.41) is 22.6. The third-order valence-electron chi connectivity index (χ3n) is 5.24. The minimum absolute atomic E-state index is 0.0278. The van der Waals surface area contributed by atoms with Crippen LogP contribution in [0.1, 0.15) is 40.4 Å². The van der Waals surface area contributed by atoms with E-state index in [0.717, 1.165) is 12.0 Å². The van der Waals surface area contributed by atoms with Gasteiger partial charge in [0.2, 0.25) is 5.91 Å². The Morgan fingerprint density at radius 3 is 2.40 bits per heavy atom. The van der Waals surface area contributed by atoms with Crippen molar-refractivity contribution >= 4 is 35.1 Å². The molecule has 0 aliphatic rings. The molecule has 1 aromatic heterocycles. The molecule has 1 amide bonds. The molecule has 0 aliphatic heterocycles. The van der Waals surface area contributed by atoms with Crippen molar-refractivity contribution in [3.8, 4) is 23.3 Å². The quantitative estimate of drug-likeness (QED) is 0.350. The second kappa shape index (κ2) is 11.7. The first kappa shape index (κ1) is 25.3. The molecule has 0 saturated heterocycles. The number of rotatable bonds is 8. The van der Waals surface area contributed by atoms with Crippen LogP contribution < -0.4 is 11.1 Å². The van der Waals surface area contributed by atoms with Crippen molar-refractivity contribution in [1.82, 2.24) is 4.98 Å². The van der Waals surface area contributed by atoms with Gasteiger partial charge in [-0.25, -0.2) is 9.78 Å². The highest BCUT2D eigenvalue weighted by Crippen LogP contribution is 2.36. The number of amides is 1. The number of hydrogen-bond acceptors (Lipinski definition) is 8. The molecule has 0 atom stereocenters. The Labute approximate surface area is 207 Å². The van der Waals surface area contributed by atoms with Crippen LogP contribution in [0.5, 0.6) is 0 Å². The predicted molar refractivity (Wildman–Crippen MR) is 135 cm³/mol. The number of esters is 1. The average molecular weight is 486 g/mol. The molecule has 0 radical (unpaired) electrons. The number of anilines is 2. The van der Waals surface area contributed by atoms with Gasteiger partial charge in [-0.05, 0) is 29.7 Å². The van der Waals surface area contributed by atoms with E-state index in [-0.39, 0.29) is 34.8 Å². The van der Waals surface area contributed by atoms with Gasteiger partial charge in [0.15, 0.2) is 0 Å². The summed E-state index contributed by atoms with van der Waals surface area (Å²) >= 11 is 1.20. The summed E-state index contributed by atoms with van der Waals surface area (Å²) in [5.41, 5.74) is 9.31. The number of nitrogens with zero attached hydrogens (tertiary/aromatic N) is 3. The number of nitrogens with two attached hydrogens (primary N) is 1. The monoisotopic (exact) mass is 485 g/mol. The standard InChI is InChI=1S/C26H23N5O3S/c1-3-16-8-10-17(11-9-16)23-19(14-27)24(29)31-25(20(23)15-28)35-13-12-22(32)30-21-7-5-4-6-18(21)26(33)34-2/h4-11H,3,12-13H2,1-2H3,(H2,29,31)(H,30,32). The summed E-state index contributed by atoms with van der Waals surface area (Å²) in [6, 6.07) is 18.4. The minimum Gasteiger partial charge on any atom is -0.465 e. The number of benzene rings is 2. The van der Waals surface area contributed by atoms with Gasteiger partial charge in [0.25, 0.3) is 0 Å². The normalized spacial score (nSPS) is 10.2. The molecule has 9 heteroatoms. The van der Waals surface area contributed by atoms with Crippen LogP contribution in [0.15, 0.2) is 53.6 Å². The summed E-state index contributed by atoms with van der Waals surface area (Å²) in [5.74, 6) is -0.539. The number of thioether (sulfide) groups is 1. The number of ether oxygens (including phenoxy) is 1. The molecule has 3 rings (SSSR count). The van der Waals surface area contributed by atoms with Crippen molar-refractivity contribution in [2.45, 2.75) is 24.8 Å². The molecule has 0 aliphatic carbocycles. The van der Waals surface area contributed by atoms with Gasteiger partial charge in [0, 0.05) is 17.7 Å². The van der Waals surface area contributed by atoms with Gasteiger partial charge in [0.05, 0.1) is 23.9 Å². The maximum atomic E-state index is 12.5. The molecule has 3 N–H and O–H groups in total. The molecule has 176 valence electrons.